The van der Waals surface area contributed by atoms with Gasteiger partial charge in [0.15, 0.2) is 0 Å². The van der Waals surface area contributed by atoms with Gasteiger partial charge in [-0.15, -0.1) is 0 Å². The standard InChI is InChI=1S/C27H42O3/c1-16(2)17(3)7-8-18(4)20-9-10-21-24-22(12-14-26(20,21)5)27(6)13-11-19(28)15-23(27)25(29)30-24/h16,18-21,23,28H,3,7-15H2,1-2,4-6H3/t18?,19?,20?,21-,23?,26?,27?/m0/s1. The zero-order valence-corrected chi connectivity index (χ0v) is 19.8. The number of esters is 1. The molecule has 1 N–H and O–H groups in total. The van der Waals surface area contributed by atoms with Gasteiger partial charge in [-0.1, -0.05) is 46.8 Å². The van der Waals surface area contributed by atoms with E-state index in [0.29, 0.717) is 30.1 Å². The Balaban J connectivity index is 1.57. The van der Waals surface area contributed by atoms with E-state index in [0.717, 1.165) is 37.9 Å². The maximum absolute atomic E-state index is 13.0. The van der Waals surface area contributed by atoms with Crippen molar-refractivity contribution in [2.24, 2.45) is 40.4 Å². The highest BCUT2D eigenvalue weighted by Gasteiger charge is 2.59. The van der Waals surface area contributed by atoms with Gasteiger partial charge in [-0.05, 0) is 86.5 Å². The van der Waals surface area contributed by atoms with Crippen LogP contribution < -0.4 is 0 Å². The van der Waals surface area contributed by atoms with E-state index in [9.17, 15) is 9.90 Å². The molecule has 168 valence electrons. The average molecular weight is 415 g/mol. The first-order valence-electron chi connectivity index (χ1n) is 12.4. The van der Waals surface area contributed by atoms with Crippen LogP contribution in [0.2, 0.25) is 0 Å². The van der Waals surface area contributed by atoms with Gasteiger partial charge in [-0.25, -0.2) is 0 Å². The second kappa shape index (κ2) is 7.80. The molecule has 1 heterocycles. The third-order valence-corrected chi connectivity index (χ3v) is 9.82. The molecular weight excluding hydrogens is 372 g/mol. The number of hydrogen-bond acceptors (Lipinski definition) is 3. The molecule has 0 aromatic rings. The summed E-state index contributed by atoms with van der Waals surface area (Å²) in [5.74, 6) is 3.11. The van der Waals surface area contributed by atoms with E-state index >= 15 is 0 Å². The average Bonchev–Trinajstić information content (AvgIpc) is 3.04. The highest BCUT2D eigenvalue weighted by atomic mass is 16.5. The number of aliphatic hydroxyl groups is 1. The molecule has 3 aliphatic carbocycles. The molecule has 0 saturated heterocycles. The SMILES string of the molecule is C=C(CCC(C)C1CC[C@H]2C3=C(CCC12C)C1(C)CCC(O)CC1C(=O)O3)C(C)C. The van der Waals surface area contributed by atoms with Crippen molar-refractivity contribution >= 4 is 5.97 Å². The molecule has 30 heavy (non-hydrogen) atoms. The summed E-state index contributed by atoms with van der Waals surface area (Å²) in [6.07, 6.45) is 8.91. The third kappa shape index (κ3) is 3.40. The lowest BCUT2D eigenvalue weighted by molar-refractivity contribution is -0.159. The Kier molecular flexibility index (Phi) is 5.75. The van der Waals surface area contributed by atoms with Crippen molar-refractivity contribution in [2.75, 3.05) is 0 Å². The van der Waals surface area contributed by atoms with Crippen molar-refractivity contribution < 1.29 is 14.6 Å². The van der Waals surface area contributed by atoms with Crippen LogP contribution in [0.15, 0.2) is 23.5 Å². The monoisotopic (exact) mass is 414 g/mol. The van der Waals surface area contributed by atoms with Crippen LogP contribution in [0.3, 0.4) is 0 Å². The fraction of sp³-hybridized carbons (Fsp3) is 0.815. The van der Waals surface area contributed by atoms with E-state index in [1.54, 1.807) is 0 Å². The Morgan fingerprint density at radius 3 is 2.60 bits per heavy atom. The Labute approximate surface area is 183 Å². The lowest BCUT2D eigenvalue weighted by atomic mass is 9.54. The normalized spacial score (nSPS) is 41.8. The number of allylic oxidation sites excluding steroid dienone is 3. The minimum absolute atomic E-state index is 0.0796. The van der Waals surface area contributed by atoms with Gasteiger partial charge in [0.2, 0.25) is 0 Å². The van der Waals surface area contributed by atoms with Crippen LogP contribution in [0.4, 0.5) is 0 Å². The second-order valence-electron chi connectivity index (χ2n) is 11.7. The van der Waals surface area contributed by atoms with Crippen molar-refractivity contribution in [1.82, 2.24) is 0 Å². The van der Waals surface area contributed by atoms with Crippen LogP contribution >= 0.6 is 0 Å². The summed E-state index contributed by atoms with van der Waals surface area (Å²) in [7, 11) is 0. The number of ether oxygens (including phenoxy) is 1. The third-order valence-electron chi connectivity index (χ3n) is 9.82. The summed E-state index contributed by atoms with van der Waals surface area (Å²) < 4.78 is 6.13. The van der Waals surface area contributed by atoms with Crippen molar-refractivity contribution in [3.05, 3.63) is 23.5 Å². The summed E-state index contributed by atoms with van der Waals surface area (Å²) in [5.41, 5.74) is 2.91. The Hall–Kier alpha value is -1.09. The zero-order valence-electron chi connectivity index (χ0n) is 19.8. The van der Waals surface area contributed by atoms with Gasteiger partial charge in [-0.2, -0.15) is 0 Å². The van der Waals surface area contributed by atoms with Gasteiger partial charge in [0.1, 0.15) is 5.76 Å². The van der Waals surface area contributed by atoms with Gasteiger partial charge in [0.25, 0.3) is 0 Å². The molecule has 2 fully saturated rings. The van der Waals surface area contributed by atoms with Crippen LogP contribution in [0, 0.1) is 40.4 Å². The highest BCUT2D eigenvalue weighted by Crippen LogP contribution is 2.64. The molecule has 0 aromatic heterocycles. The Morgan fingerprint density at radius 2 is 1.90 bits per heavy atom. The lowest BCUT2D eigenvalue weighted by Crippen LogP contribution is -2.50. The molecule has 7 atom stereocenters. The maximum Gasteiger partial charge on any atom is 0.315 e. The van der Waals surface area contributed by atoms with Crippen LogP contribution in [-0.4, -0.2) is 17.2 Å². The minimum Gasteiger partial charge on any atom is -0.431 e. The summed E-state index contributed by atoms with van der Waals surface area (Å²) in [5, 5.41) is 10.2. The molecule has 4 aliphatic rings. The van der Waals surface area contributed by atoms with Crippen molar-refractivity contribution in [3.8, 4) is 0 Å². The lowest BCUT2D eigenvalue weighted by Gasteiger charge is -2.53. The van der Waals surface area contributed by atoms with Crippen LogP contribution in [0.25, 0.3) is 0 Å². The first kappa shape index (κ1) is 22.1. The van der Waals surface area contributed by atoms with Gasteiger partial charge in [-0.3, -0.25) is 4.79 Å². The smallest absolute Gasteiger partial charge is 0.315 e. The second-order valence-corrected chi connectivity index (χ2v) is 11.7. The molecule has 0 radical (unpaired) electrons. The van der Waals surface area contributed by atoms with E-state index in [2.05, 4.69) is 41.2 Å². The van der Waals surface area contributed by atoms with E-state index < -0.39 is 0 Å². The number of aliphatic hydroxyl groups excluding tert-OH is 1. The van der Waals surface area contributed by atoms with Gasteiger partial charge < -0.3 is 9.84 Å². The molecular formula is C27H42O3. The topological polar surface area (TPSA) is 46.5 Å². The Morgan fingerprint density at radius 1 is 1.17 bits per heavy atom. The predicted molar refractivity (Wildman–Crippen MR) is 121 cm³/mol. The molecule has 0 amide bonds. The fourth-order valence-corrected chi connectivity index (χ4v) is 7.51. The molecule has 0 bridgehead atoms. The van der Waals surface area contributed by atoms with E-state index in [4.69, 9.17) is 4.74 Å². The number of carbonyl (C=O) groups excluding carboxylic acids is 1. The molecule has 3 heteroatoms. The summed E-state index contributed by atoms with van der Waals surface area (Å²) in [6.45, 7) is 15.9. The fourth-order valence-electron chi connectivity index (χ4n) is 7.51. The molecule has 4 rings (SSSR count). The molecule has 0 aromatic carbocycles. The van der Waals surface area contributed by atoms with E-state index in [1.165, 1.54) is 30.4 Å². The zero-order chi connectivity index (χ0) is 21.8. The van der Waals surface area contributed by atoms with Crippen LogP contribution in [-0.2, 0) is 9.53 Å². The molecule has 2 saturated carbocycles. The minimum atomic E-state index is -0.357. The largest absolute Gasteiger partial charge is 0.431 e. The van der Waals surface area contributed by atoms with E-state index in [1.807, 2.05) is 0 Å². The first-order chi connectivity index (χ1) is 14.1. The summed E-state index contributed by atoms with van der Waals surface area (Å²) in [4.78, 5) is 13.0. The summed E-state index contributed by atoms with van der Waals surface area (Å²) >= 11 is 0. The quantitative estimate of drug-likeness (QED) is 0.417. The van der Waals surface area contributed by atoms with Gasteiger partial charge in [0.05, 0.1) is 12.0 Å². The Bertz CT molecular complexity index is 749. The van der Waals surface area contributed by atoms with Gasteiger partial charge in [0, 0.05) is 11.3 Å². The van der Waals surface area contributed by atoms with Crippen LogP contribution in [0.5, 0.6) is 0 Å². The first-order valence-corrected chi connectivity index (χ1v) is 12.4. The number of rotatable bonds is 5. The molecule has 6 unspecified atom stereocenters. The molecule has 3 nitrogen and oxygen atoms in total. The van der Waals surface area contributed by atoms with Crippen LogP contribution in [0.1, 0.15) is 92.4 Å². The van der Waals surface area contributed by atoms with Crippen molar-refractivity contribution in [2.45, 2.75) is 98.5 Å². The molecule has 1 aliphatic heterocycles. The maximum atomic E-state index is 13.0. The predicted octanol–water partition coefficient (Wildman–Crippen LogP) is 6.42. The highest BCUT2D eigenvalue weighted by molar-refractivity contribution is 5.77. The van der Waals surface area contributed by atoms with Crippen molar-refractivity contribution in [1.29, 1.82) is 0 Å². The molecule has 0 spiro atoms. The van der Waals surface area contributed by atoms with E-state index in [-0.39, 0.29) is 28.8 Å². The van der Waals surface area contributed by atoms with Gasteiger partial charge >= 0.3 is 5.97 Å². The van der Waals surface area contributed by atoms with Crippen molar-refractivity contribution in [3.63, 3.8) is 0 Å². The number of carbonyl (C=O) groups is 1. The number of hydrogen-bond donors (Lipinski definition) is 1. The summed E-state index contributed by atoms with van der Waals surface area (Å²) in [6, 6.07) is 0. The number of fused-ring (bicyclic) bond motifs is 4.